The highest BCUT2D eigenvalue weighted by Crippen LogP contribution is 2.49. The van der Waals surface area contributed by atoms with Gasteiger partial charge in [0.15, 0.2) is 0 Å². The van der Waals surface area contributed by atoms with Crippen molar-refractivity contribution in [2.45, 2.75) is 0 Å². The minimum atomic E-state index is 0.541. The third-order valence-corrected chi connectivity index (χ3v) is 7.49. The first-order valence-electron chi connectivity index (χ1n) is 12.8. The third-order valence-electron chi connectivity index (χ3n) is 7.49. The van der Waals surface area contributed by atoms with Gasteiger partial charge in [0.25, 0.3) is 0 Å². The van der Waals surface area contributed by atoms with Gasteiger partial charge in [-0.3, -0.25) is 0 Å². The molecule has 0 bridgehead atoms. The second-order valence-corrected chi connectivity index (χ2v) is 9.58. The summed E-state index contributed by atoms with van der Waals surface area (Å²) in [5.41, 5.74) is 10.7. The van der Waals surface area contributed by atoms with E-state index in [0.717, 1.165) is 28.2 Å². The first-order chi connectivity index (χ1) is 19.3. The Morgan fingerprint density at radius 3 is 1.67 bits per heavy atom. The summed E-state index contributed by atoms with van der Waals surface area (Å²) in [4.78, 5) is 2.01. The van der Waals surface area contributed by atoms with Gasteiger partial charge < -0.3 is 4.90 Å². The number of rotatable bonds is 4. The molecule has 6 aromatic rings. The van der Waals surface area contributed by atoms with Crippen molar-refractivity contribution in [3.63, 3.8) is 0 Å². The SMILES string of the molecule is N#Cc1ccccc1N(c1cccc(-c2ccc3c4c(cccc24)-c2ccccc2-3)c1)c1ccccc1C#N. The normalized spacial score (nSPS) is 11.0. The van der Waals surface area contributed by atoms with Gasteiger partial charge in [-0.1, -0.05) is 91.0 Å². The van der Waals surface area contributed by atoms with Crippen LogP contribution in [0, 0.1) is 22.7 Å². The zero-order valence-electron chi connectivity index (χ0n) is 21.0. The van der Waals surface area contributed by atoms with Crippen LogP contribution < -0.4 is 4.90 Å². The summed E-state index contributed by atoms with van der Waals surface area (Å²) in [7, 11) is 0. The molecule has 0 saturated carbocycles. The number of para-hydroxylation sites is 2. The van der Waals surface area contributed by atoms with Crippen LogP contribution in [-0.4, -0.2) is 0 Å². The van der Waals surface area contributed by atoms with Crippen LogP contribution in [0.3, 0.4) is 0 Å². The molecule has 0 fully saturated rings. The molecule has 0 saturated heterocycles. The zero-order chi connectivity index (χ0) is 26.3. The van der Waals surface area contributed by atoms with Crippen molar-refractivity contribution >= 4 is 27.8 Å². The van der Waals surface area contributed by atoms with E-state index in [2.05, 4.69) is 78.9 Å². The highest BCUT2D eigenvalue weighted by Gasteiger charge is 2.23. The van der Waals surface area contributed by atoms with E-state index in [9.17, 15) is 10.5 Å². The summed E-state index contributed by atoms with van der Waals surface area (Å²) in [6.07, 6.45) is 0. The molecular weight excluding hydrogens is 474 g/mol. The smallest absolute Gasteiger partial charge is 0.101 e. The lowest BCUT2D eigenvalue weighted by Gasteiger charge is -2.27. The van der Waals surface area contributed by atoms with E-state index in [1.54, 1.807) is 0 Å². The van der Waals surface area contributed by atoms with E-state index in [1.807, 2.05) is 65.6 Å². The Balaban J connectivity index is 1.45. The molecular formula is C36H21N3. The van der Waals surface area contributed by atoms with Crippen LogP contribution in [0.15, 0.2) is 127 Å². The average Bonchev–Trinajstić information content (AvgIpc) is 3.33. The molecule has 0 atom stereocenters. The van der Waals surface area contributed by atoms with Crippen molar-refractivity contribution in [3.8, 4) is 45.5 Å². The van der Waals surface area contributed by atoms with E-state index < -0.39 is 0 Å². The fraction of sp³-hybridized carbons (Fsp3) is 0. The van der Waals surface area contributed by atoms with Gasteiger partial charge in [-0.15, -0.1) is 0 Å². The Morgan fingerprint density at radius 1 is 0.462 bits per heavy atom. The van der Waals surface area contributed by atoms with Crippen LogP contribution >= 0.6 is 0 Å². The van der Waals surface area contributed by atoms with Crippen molar-refractivity contribution in [2.75, 3.05) is 4.90 Å². The largest absolute Gasteiger partial charge is 0.308 e. The molecule has 0 unspecified atom stereocenters. The molecule has 0 aliphatic heterocycles. The van der Waals surface area contributed by atoms with Gasteiger partial charge in [-0.2, -0.15) is 10.5 Å². The van der Waals surface area contributed by atoms with Gasteiger partial charge in [0, 0.05) is 5.69 Å². The van der Waals surface area contributed by atoms with E-state index in [0.29, 0.717) is 11.1 Å². The monoisotopic (exact) mass is 495 g/mol. The van der Waals surface area contributed by atoms with Crippen molar-refractivity contribution in [2.24, 2.45) is 0 Å². The molecule has 7 rings (SSSR count). The standard InChI is InChI=1S/C36H21N3/c37-22-25-9-1-5-17-34(25)39(35-18-6-2-10-26(35)23-38)27-12-7-11-24(21-27)28-19-20-33-30-14-4-3-13-29(30)32-16-8-15-31(28)36(32)33/h1-21H. The van der Waals surface area contributed by atoms with Gasteiger partial charge in [0.05, 0.1) is 22.5 Å². The molecule has 3 heteroatoms. The molecule has 0 N–H and O–H groups in total. The Hall–Kier alpha value is -5.64. The predicted molar refractivity (Wildman–Crippen MR) is 158 cm³/mol. The van der Waals surface area contributed by atoms with E-state index in [-0.39, 0.29) is 0 Å². The lowest BCUT2D eigenvalue weighted by Crippen LogP contribution is -2.13. The molecule has 0 aromatic heterocycles. The van der Waals surface area contributed by atoms with Gasteiger partial charge in [-0.05, 0) is 80.6 Å². The van der Waals surface area contributed by atoms with E-state index in [1.165, 1.54) is 33.0 Å². The summed E-state index contributed by atoms with van der Waals surface area (Å²) in [5.74, 6) is 0. The molecule has 0 heterocycles. The first-order valence-corrected chi connectivity index (χ1v) is 12.8. The maximum absolute atomic E-state index is 9.93. The molecule has 1 aliphatic rings. The van der Waals surface area contributed by atoms with Crippen LogP contribution in [0.2, 0.25) is 0 Å². The molecule has 0 amide bonds. The van der Waals surface area contributed by atoms with E-state index in [4.69, 9.17) is 0 Å². The Bertz CT molecular complexity index is 1920. The minimum absolute atomic E-state index is 0.541. The number of anilines is 3. The summed E-state index contributed by atoms with van der Waals surface area (Å²) < 4.78 is 0. The minimum Gasteiger partial charge on any atom is -0.308 e. The van der Waals surface area contributed by atoms with Crippen molar-refractivity contribution in [1.82, 2.24) is 0 Å². The second kappa shape index (κ2) is 9.03. The maximum atomic E-state index is 9.93. The Labute approximate surface area is 227 Å². The third kappa shape index (κ3) is 3.50. The average molecular weight is 496 g/mol. The predicted octanol–water partition coefficient (Wildman–Crippen LogP) is 9.37. The molecule has 6 aromatic carbocycles. The molecule has 180 valence electrons. The molecule has 39 heavy (non-hydrogen) atoms. The zero-order valence-corrected chi connectivity index (χ0v) is 21.0. The number of nitrogens with zero attached hydrogens (tertiary/aromatic N) is 3. The van der Waals surface area contributed by atoms with Gasteiger partial charge in [0.2, 0.25) is 0 Å². The summed E-state index contributed by atoms with van der Waals surface area (Å²) in [6, 6.07) is 47.6. The molecule has 0 spiro atoms. The van der Waals surface area contributed by atoms with Gasteiger partial charge in [-0.25, -0.2) is 0 Å². The number of hydrogen-bond donors (Lipinski definition) is 0. The maximum Gasteiger partial charge on any atom is 0.101 e. The summed E-state index contributed by atoms with van der Waals surface area (Å²) in [5, 5.41) is 22.3. The summed E-state index contributed by atoms with van der Waals surface area (Å²) in [6.45, 7) is 0. The van der Waals surface area contributed by atoms with Crippen LogP contribution in [-0.2, 0) is 0 Å². The number of fused-ring (bicyclic) bond motifs is 3. The van der Waals surface area contributed by atoms with E-state index >= 15 is 0 Å². The number of hydrogen-bond acceptors (Lipinski definition) is 3. The first kappa shape index (κ1) is 22.5. The van der Waals surface area contributed by atoms with Crippen LogP contribution in [0.5, 0.6) is 0 Å². The topological polar surface area (TPSA) is 50.8 Å². The number of nitriles is 2. The van der Waals surface area contributed by atoms with Crippen LogP contribution in [0.4, 0.5) is 17.1 Å². The molecule has 3 nitrogen and oxygen atoms in total. The van der Waals surface area contributed by atoms with Crippen LogP contribution in [0.1, 0.15) is 11.1 Å². The molecule has 0 radical (unpaired) electrons. The lowest BCUT2D eigenvalue weighted by atomic mass is 9.94. The summed E-state index contributed by atoms with van der Waals surface area (Å²) >= 11 is 0. The second-order valence-electron chi connectivity index (χ2n) is 9.58. The van der Waals surface area contributed by atoms with Gasteiger partial charge >= 0.3 is 0 Å². The molecule has 1 aliphatic carbocycles. The van der Waals surface area contributed by atoms with Gasteiger partial charge in [0.1, 0.15) is 12.1 Å². The number of benzene rings is 6. The lowest BCUT2D eigenvalue weighted by molar-refractivity contribution is 1.26. The van der Waals surface area contributed by atoms with Crippen molar-refractivity contribution in [3.05, 3.63) is 139 Å². The van der Waals surface area contributed by atoms with Crippen molar-refractivity contribution < 1.29 is 0 Å². The quantitative estimate of drug-likeness (QED) is 0.244. The highest BCUT2D eigenvalue weighted by atomic mass is 15.1. The Morgan fingerprint density at radius 2 is 1.00 bits per heavy atom. The van der Waals surface area contributed by atoms with Crippen molar-refractivity contribution in [1.29, 1.82) is 10.5 Å². The van der Waals surface area contributed by atoms with Crippen LogP contribution in [0.25, 0.3) is 44.2 Å². The highest BCUT2D eigenvalue weighted by molar-refractivity contribution is 6.18. The fourth-order valence-electron chi connectivity index (χ4n) is 5.81. The Kier molecular flexibility index (Phi) is 5.22. The fourth-order valence-corrected chi connectivity index (χ4v) is 5.81.